The number of methoxy groups -OCH3 is 1. The van der Waals surface area contributed by atoms with E-state index in [1.165, 1.54) is 0 Å². The number of benzene rings is 1. The predicted octanol–water partition coefficient (Wildman–Crippen LogP) is 3.61. The fourth-order valence-electron chi connectivity index (χ4n) is 1.28. The summed E-state index contributed by atoms with van der Waals surface area (Å²) < 4.78 is 6.81. The van der Waals surface area contributed by atoms with Gasteiger partial charge in [-0.05, 0) is 50.1 Å². The quantitative estimate of drug-likeness (QED) is 0.912. The topological polar surface area (TPSA) is 37.9 Å². The Balaban J connectivity index is 2.42. The van der Waals surface area contributed by atoms with Crippen molar-refractivity contribution in [3.8, 4) is 17.0 Å². The summed E-state index contributed by atoms with van der Waals surface area (Å²) in [6.45, 7) is 0. The van der Waals surface area contributed by atoms with Crippen LogP contribution in [0.15, 0.2) is 33.6 Å². The van der Waals surface area contributed by atoms with Crippen LogP contribution in [0.1, 0.15) is 0 Å². The van der Waals surface area contributed by atoms with Gasteiger partial charge >= 0.3 is 0 Å². The van der Waals surface area contributed by atoms with E-state index in [0.29, 0.717) is 0 Å². The van der Waals surface area contributed by atoms with Gasteiger partial charge in [0.1, 0.15) is 5.75 Å². The zero-order valence-electron chi connectivity index (χ0n) is 7.92. The Morgan fingerprint density at radius 3 is 2.67 bits per heavy atom. The fourth-order valence-corrected chi connectivity index (χ4v) is 2.13. The minimum absolute atomic E-state index is 0.726. The number of H-pyrrole nitrogens is 1. The number of halogens is 2. The van der Waals surface area contributed by atoms with Crippen molar-refractivity contribution in [1.29, 1.82) is 0 Å². The van der Waals surface area contributed by atoms with Crippen molar-refractivity contribution < 1.29 is 4.74 Å². The summed E-state index contributed by atoms with van der Waals surface area (Å²) in [5.41, 5.74) is 2.02. The third-order valence-electron chi connectivity index (χ3n) is 2.01. The molecule has 0 bridgehead atoms. The first-order chi connectivity index (χ1) is 7.20. The number of nitrogens with one attached hydrogen (secondary N) is 1. The lowest BCUT2D eigenvalue weighted by atomic mass is 10.2. The monoisotopic (exact) mass is 330 g/mol. The van der Waals surface area contributed by atoms with E-state index in [-0.39, 0.29) is 0 Å². The fraction of sp³-hybridized carbons (Fsp3) is 0.100. The first-order valence-electron chi connectivity index (χ1n) is 4.25. The predicted molar refractivity (Wildman–Crippen MR) is 66.0 cm³/mol. The van der Waals surface area contributed by atoms with Crippen LogP contribution in [0, 0.1) is 0 Å². The molecule has 1 N–H and O–H groups in total. The highest BCUT2D eigenvalue weighted by Crippen LogP contribution is 2.29. The molecule has 0 aliphatic heterocycles. The highest BCUT2D eigenvalue weighted by atomic mass is 79.9. The van der Waals surface area contributed by atoms with Gasteiger partial charge in [0.2, 0.25) is 0 Å². The van der Waals surface area contributed by atoms with Crippen LogP contribution in [-0.4, -0.2) is 17.1 Å². The highest BCUT2D eigenvalue weighted by molar-refractivity contribution is 9.10. The molecule has 0 saturated heterocycles. The first kappa shape index (κ1) is 10.7. The van der Waals surface area contributed by atoms with Crippen LogP contribution in [0.2, 0.25) is 0 Å². The molecular formula is C10H8Br2N2O. The van der Waals surface area contributed by atoms with Gasteiger partial charge in [-0.3, -0.25) is 0 Å². The maximum atomic E-state index is 5.16. The van der Waals surface area contributed by atoms with Crippen molar-refractivity contribution >= 4 is 31.9 Å². The van der Waals surface area contributed by atoms with E-state index in [9.17, 15) is 0 Å². The summed E-state index contributed by atoms with van der Waals surface area (Å²) in [4.78, 5) is 7.18. The molecule has 3 nitrogen and oxygen atoms in total. The minimum atomic E-state index is 0.726. The molecule has 78 valence electrons. The maximum absolute atomic E-state index is 5.16. The molecule has 5 heteroatoms. The summed E-state index contributed by atoms with van der Waals surface area (Å²) in [5.74, 6) is 0.817. The molecule has 0 saturated carbocycles. The second kappa shape index (κ2) is 4.37. The Kier molecular flexibility index (Phi) is 3.11. The van der Waals surface area contributed by atoms with Crippen molar-refractivity contribution in [3.05, 3.63) is 33.6 Å². The largest absolute Gasteiger partial charge is 0.496 e. The standard InChI is InChI=1S/C10H8Br2N2O/c1-15-9-3-2-6(4-7(9)11)8-5-13-10(12)14-8/h2-5H,1H3,(H,13,14). The van der Waals surface area contributed by atoms with Gasteiger partial charge in [0.25, 0.3) is 0 Å². The SMILES string of the molecule is COc1ccc(-c2cnc(Br)[nH]2)cc1Br. The average molecular weight is 332 g/mol. The molecule has 1 heterocycles. The average Bonchev–Trinajstić information content (AvgIpc) is 2.65. The number of ether oxygens (including phenoxy) is 1. The Bertz CT molecular complexity index is 482. The Labute approximate surface area is 104 Å². The van der Waals surface area contributed by atoms with Crippen LogP contribution in [-0.2, 0) is 0 Å². The van der Waals surface area contributed by atoms with Gasteiger partial charge in [0.15, 0.2) is 4.73 Å². The zero-order valence-corrected chi connectivity index (χ0v) is 11.1. The van der Waals surface area contributed by atoms with Crippen molar-refractivity contribution in [2.75, 3.05) is 7.11 Å². The lowest BCUT2D eigenvalue weighted by Crippen LogP contribution is -1.85. The molecule has 0 fully saturated rings. The molecule has 0 radical (unpaired) electrons. The molecule has 0 unspecified atom stereocenters. The van der Waals surface area contributed by atoms with E-state index in [4.69, 9.17) is 4.74 Å². The number of hydrogen-bond donors (Lipinski definition) is 1. The second-order valence-electron chi connectivity index (χ2n) is 2.94. The Morgan fingerprint density at radius 1 is 1.33 bits per heavy atom. The lowest BCUT2D eigenvalue weighted by molar-refractivity contribution is 0.412. The molecule has 0 aliphatic rings. The number of nitrogens with zero attached hydrogens (tertiary/aromatic N) is 1. The van der Waals surface area contributed by atoms with Crippen LogP contribution < -0.4 is 4.74 Å². The van der Waals surface area contributed by atoms with Crippen molar-refractivity contribution in [2.45, 2.75) is 0 Å². The lowest BCUT2D eigenvalue weighted by Gasteiger charge is -2.04. The van der Waals surface area contributed by atoms with Crippen LogP contribution in [0.3, 0.4) is 0 Å². The zero-order chi connectivity index (χ0) is 10.8. The Hall–Kier alpha value is -0.810. The van der Waals surface area contributed by atoms with Crippen molar-refractivity contribution in [2.24, 2.45) is 0 Å². The molecule has 0 aliphatic carbocycles. The molecule has 15 heavy (non-hydrogen) atoms. The van der Waals surface area contributed by atoms with Gasteiger partial charge in [-0.25, -0.2) is 4.98 Å². The molecular weight excluding hydrogens is 324 g/mol. The summed E-state index contributed by atoms with van der Waals surface area (Å²) in [5, 5.41) is 0. The van der Waals surface area contributed by atoms with Gasteiger partial charge in [-0.1, -0.05) is 0 Å². The van der Waals surface area contributed by atoms with Crippen LogP contribution in [0.4, 0.5) is 0 Å². The molecule has 0 spiro atoms. The van der Waals surface area contributed by atoms with Gasteiger partial charge in [-0.2, -0.15) is 0 Å². The van der Waals surface area contributed by atoms with E-state index >= 15 is 0 Å². The normalized spacial score (nSPS) is 10.3. The van der Waals surface area contributed by atoms with Gasteiger partial charge in [0.05, 0.1) is 23.5 Å². The second-order valence-corrected chi connectivity index (χ2v) is 4.54. The number of aromatic nitrogens is 2. The number of imidazole rings is 1. The van der Waals surface area contributed by atoms with Crippen LogP contribution in [0.25, 0.3) is 11.3 Å². The summed E-state index contributed by atoms with van der Waals surface area (Å²) in [6.07, 6.45) is 1.78. The molecule has 2 aromatic rings. The van der Waals surface area contributed by atoms with Gasteiger partial charge in [0, 0.05) is 5.56 Å². The first-order valence-corrected chi connectivity index (χ1v) is 5.83. The minimum Gasteiger partial charge on any atom is -0.496 e. The molecule has 1 aromatic carbocycles. The van der Waals surface area contributed by atoms with E-state index in [0.717, 1.165) is 26.2 Å². The third-order valence-corrected chi connectivity index (χ3v) is 3.03. The third kappa shape index (κ3) is 2.23. The number of rotatable bonds is 2. The highest BCUT2D eigenvalue weighted by Gasteiger charge is 2.05. The summed E-state index contributed by atoms with van der Waals surface area (Å²) in [7, 11) is 1.65. The van der Waals surface area contributed by atoms with Crippen molar-refractivity contribution in [3.63, 3.8) is 0 Å². The number of hydrogen-bond acceptors (Lipinski definition) is 2. The molecule has 1 aromatic heterocycles. The van der Waals surface area contributed by atoms with Crippen LogP contribution >= 0.6 is 31.9 Å². The van der Waals surface area contributed by atoms with Crippen LogP contribution in [0.5, 0.6) is 5.75 Å². The Morgan fingerprint density at radius 2 is 2.13 bits per heavy atom. The van der Waals surface area contributed by atoms with Gasteiger partial charge in [-0.15, -0.1) is 0 Å². The molecule has 2 rings (SSSR count). The number of aromatic amines is 1. The van der Waals surface area contributed by atoms with E-state index < -0.39 is 0 Å². The summed E-state index contributed by atoms with van der Waals surface area (Å²) >= 11 is 6.71. The van der Waals surface area contributed by atoms with Crippen molar-refractivity contribution in [1.82, 2.24) is 9.97 Å². The smallest absolute Gasteiger partial charge is 0.174 e. The van der Waals surface area contributed by atoms with E-state index in [1.54, 1.807) is 13.3 Å². The molecule has 0 atom stereocenters. The maximum Gasteiger partial charge on any atom is 0.174 e. The van der Waals surface area contributed by atoms with E-state index in [2.05, 4.69) is 41.8 Å². The van der Waals surface area contributed by atoms with E-state index in [1.807, 2.05) is 18.2 Å². The molecule has 0 amide bonds. The van der Waals surface area contributed by atoms with Gasteiger partial charge < -0.3 is 9.72 Å². The summed E-state index contributed by atoms with van der Waals surface area (Å²) in [6, 6.07) is 5.87.